The smallest absolute Gasteiger partial charge is 0.272 e. The first kappa shape index (κ1) is 16.5. The molecule has 2 rings (SSSR count). The van der Waals surface area contributed by atoms with Crippen LogP contribution in [0.2, 0.25) is 0 Å². The van der Waals surface area contributed by atoms with Gasteiger partial charge in [0.05, 0.1) is 12.3 Å². The zero-order valence-electron chi connectivity index (χ0n) is 13.1. The number of thioether (sulfide) groups is 1. The lowest BCUT2D eigenvalue weighted by Crippen LogP contribution is -2.27. The van der Waals surface area contributed by atoms with Crippen LogP contribution in [0.4, 0.5) is 0 Å². The molecule has 0 aliphatic rings. The zero-order valence-corrected chi connectivity index (χ0v) is 13.9. The molecule has 0 saturated carbocycles. The SMILES string of the molecule is COCc1cccc(C(=O)N(C)Cc2cccc(SC)c2)n1. The number of hydrogen-bond donors (Lipinski definition) is 0. The number of hydrogen-bond acceptors (Lipinski definition) is 4. The lowest BCUT2D eigenvalue weighted by molar-refractivity contribution is 0.0778. The Bertz CT molecular complexity index is 646. The van der Waals surface area contributed by atoms with E-state index in [4.69, 9.17) is 4.74 Å². The quantitative estimate of drug-likeness (QED) is 0.767. The molecule has 116 valence electrons. The van der Waals surface area contributed by atoms with Crippen LogP contribution in [0.25, 0.3) is 0 Å². The molecule has 2 aromatic rings. The number of carbonyl (C=O) groups is 1. The fraction of sp³-hybridized carbons (Fsp3) is 0.294. The third-order valence-electron chi connectivity index (χ3n) is 3.22. The Balaban J connectivity index is 2.09. The van der Waals surface area contributed by atoms with Gasteiger partial charge in [0.15, 0.2) is 0 Å². The molecule has 0 spiro atoms. The molecule has 5 heteroatoms. The highest BCUT2D eigenvalue weighted by Gasteiger charge is 2.14. The van der Waals surface area contributed by atoms with Gasteiger partial charge in [0.2, 0.25) is 0 Å². The molecule has 0 unspecified atom stereocenters. The van der Waals surface area contributed by atoms with E-state index >= 15 is 0 Å². The molecule has 0 atom stereocenters. The molecule has 4 nitrogen and oxygen atoms in total. The summed E-state index contributed by atoms with van der Waals surface area (Å²) in [5.74, 6) is -0.0903. The second-order valence-electron chi connectivity index (χ2n) is 4.96. The van der Waals surface area contributed by atoms with Crippen LogP contribution < -0.4 is 0 Å². The Morgan fingerprint density at radius 2 is 2.05 bits per heavy atom. The van der Waals surface area contributed by atoms with E-state index in [9.17, 15) is 4.79 Å². The number of rotatable bonds is 6. The molecule has 0 saturated heterocycles. The minimum Gasteiger partial charge on any atom is -0.378 e. The lowest BCUT2D eigenvalue weighted by Gasteiger charge is -2.17. The van der Waals surface area contributed by atoms with E-state index in [2.05, 4.69) is 17.1 Å². The first-order valence-corrected chi connectivity index (χ1v) is 8.19. The highest BCUT2D eigenvalue weighted by atomic mass is 32.2. The second-order valence-corrected chi connectivity index (χ2v) is 5.84. The molecule has 22 heavy (non-hydrogen) atoms. The van der Waals surface area contributed by atoms with Gasteiger partial charge in [-0.3, -0.25) is 4.79 Å². The lowest BCUT2D eigenvalue weighted by atomic mass is 10.2. The molecular weight excluding hydrogens is 296 g/mol. The molecule has 0 N–H and O–H groups in total. The number of benzene rings is 1. The van der Waals surface area contributed by atoms with Crippen molar-refractivity contribution in [2.75, 3.05) is 20.4 Å². The van der Waals surface area contributed by atoms with Crippen LogP contribution in [0.1, 0.15) is 21.7 Å². The van der Waals surface area contributed by atoms with Crippen molar-refractivity contribution < 1.29 is 9.53 Å². The number of amides is 1. The first-order chi connectivity index (χ1) is 10.6. The van der Waals surface area contributed by atoms with Crippen molar-refractivity contribution in [3.8, 4) is 0 Å². The summed E-state index contributed by atoms with van der Waals surface area (Å²) in [6.07, 6.45) is 2.04. The van der Waals surface area contributed by atoms with Gasteiger partial charge in [-0.2, -0.15) is 0 Å². The summed E-state index contributed by atoms with van der Waals surface area (Å²) in [4.78, 5) is 19.7. The van der Waals surface area contributed by atoms with Crippen LogP contribution in [0.5, 0.6) is 0 Å². The van der Waals surface area contributed by atoms with E-state index in [0.29, 0.717) is 18.8 Å². The van der Waals surface area contributed by atoms with Gasteiger partial charge < -0.3 is 9.64 Å². The van der Waals surface area contributed by atoms with Crippen molar-refractivity contribution in [3.05, 3.63) is 59.4 Å². The molecule has 0 aliphatic heterocycles. The van der Waals surface area contributed by atoms with Crippen LogP contribution in [0.3, 0.4) is 0 Å². The maximum Gasteiger partial charge on any atom is 0.272 e. The van der Waals surface area contributed by atoms with Crippen LogP contribution in [-0.4, -0.2) is 36.2 Å². The molecule has 1 amide bonds. The van der Waals surface area contributed by atoms with Gasteiger partial charge in [0, 0.05) is 25.6 Å². The number of pyridine rings is 1. The summed E-state index contributed by atoms with van der Waals surface area (Å²) in [5.41, 5.74) is 2.31. The highest BCUT2D eigenvalue weighted by molar-refractivity contribution is 7.98. The van der Waals surface area contributed by atoms with Crippen molar-refractivity contribution in [2.24, 2.45) is 0 Å². The maximum absolute atomic E-state index is 12.5. The predicted molar refractivity (Wildman–Crippen MR) is 89.0 cm³/mol. The Morgan fingerprint density at radius 3 is 2.77 bits per heavy atom. The van der Waals surface area contributed by atoms with E-state index in [1.807, 2.05) is 30.5 Å². The van der Waals surface area contributed by atoms with Gasteiger partial charge in [-0.15, -0.1) is 11.8 Å². The number of nitrogens with zero attached hydrogens (tertiary/aromatic N) is 2. The molecule has 1 aromatic heterocycles. The molecule has 1 aromatic carbocycles. The maximum atomic E-state index is 12.5. The second kappa shape index (κ2) is 7.96. The minimum atomic E-state index is -0.0903. The summed E-state index contributed by atoms with van der Waals surface area (Å²) >= 11 is 1.69. The van der Waals surface area contributed by atoms with E-state index in [1.54, 1.807) is 36.9 Å². The molecule has 0 fully saturated rings. The van der Waals surface area contributed by atoms with Gasteiger partial charge in [-0.25, -0.2) is 4.98 Å². The van der Waals surface area contributed by atoms with Gasteiger partial charge in [-0.1, -0.05) is 18.2 Å². The van der Waals surface area contributed by atoms with E-state index < -0.39 is 0 Å². The number of methoxy groups -OCH3 is 1. The Morgan fingerprint density at radius 1 is 1.27 bits per heavy atom. The minimum absolute atomic E-state index is 0.0903. The Hall–Kier alpha value is -1.85. The van der Waals surface area contributed by atoms with E-state index in [1.165, 1.54) is 4.90 Å². The van der Waals surface area contributed by atoms with Crippen LogP contribution >= 0.6 is 11.8 Å². The molecule has 0 bridgehead atoms. The van der Waals surface area contributed by atoms with Crippen molar-refractivity contribution in [1.29, 1.82) is 0 Å². The van der Waals surface area contributed by atoms with Crippen molar-refractivity contribution in [1.82, 2.24) is 9.88 Å². The van der Waals surface area contributed by atoms with Crippen molar-refractivity contribution in [2.45, 2.75) is 18.0 Å². The first-order valence-electron chi connectivity index (χ1n) is 6.97. The summed E-state index contributed by atoms with van der Waals surface area (Å²) < 4.78 is 5.05. The molecule has 1 heterocycles. The fourth-order valence-electron chi connectivity index (χ4n) is 2.14. The van der Waals surface area contributed by atoms with E-state index in [-0.39, 0.29) is 5.91 Å². The predicted octanol–water partition coefficient (Wildman–Crippen LogP) is 3.22. The largest absolute Gasteiger partial charge is 0.378 e. The van der Waals surface area contributed by atoms with Crippen molar-refractivity contribution in [3.63, 3.8) is 0 Å². The third-order valence-corrected chi connectivity index (χ3v) is 3.94. The summed E-state index contributed by atoms with van der Waals surface area (Å²) in [6.45, 7) is 0.962. The van der Waals surface area contributed by atoms with Crippen LogP contribution in [0, 0.1) is 0 Å². The number of aromatic nitrogens is 1. The highest BCUT2D eigenvalue weighted by Crippen LogP contribution is 2.17. The summed E-state index contributed by atoms with van der Waals surface area (Å²) in [5, 5.41) is 0. The number of carbonyl (C=O) groups excluding carboxylic acids is 1. The van der Waals surface area contributed by atoms with Gasteiger partial charge in [0.1, 0.15) is 5.69 Å². The Labute approximate surface area is 135 Å². The number of ether oxygens (including phenoxy) is 1. The van der Waals surface area contributed by atoms with Crippen molar-refractivity contribution >= 4 is 17.7 Å². The molecule has 0 aliphatic carbocycles. The monoisotopic (exact) mass is 316 g/mol. The molecular formula is C17H20N2O2S. The average molecular weight is 316 g/mol. The third kappa shape index (κ3) is 4.32. The van der Waals surface area contributed by atoms with E-state index in [0.717, 1.165) is 11.3 Å². The average Bonchev–Trinajstić information content (AvgIpc) is 2.55. The fourth-order valence-corrected chi connectivity index (χ4v) is 2.62. The zero-order chi connectivity index (χ0) is 15.9. The Kier molecular flexibility index (Phi) is 5.98. The standard InChI is InChI=1S/C17H20N2O2S/c1-19(11-13-6-4-8-15(10-13)22-3)17(20)16-9-5-7-14(18-16)12-21-2/h4-10H,11-12H2,1-3H3. The summed E-state index contributed by atoms with van der Waals surface area (Å²) in [7, 11) is 3.40. The van der Waals surface area contributed by atoms with Gasteiger partial charge in [-0.05, 0) is 36.1 Å². The van der Waals surface area contributed by atoms with Crippen LogP contribution in [-0.2, 0) is 17.9 Å². The summed E-state index contributed by atoms with van der Waals surface area (Å²) in [6, 6.07) is 13.6. The van der Waals surface area contributed by atoms with Crippen LogP contribution in [0.15, 0.2) is 47.4 Å². The molecule has 0 radical (unpaired) electrons. The topological polar surface area (TPSA) is 42.4 Å². The normalized spacial score (nSPS) is 10.5. The van der Waals surface area contributed by atoms with Gasteiger partial charge in [0.25, 0.3) is 5.91 Å². The van der Waals surface area contributed by atoms with Gasteiger partial charge >= 0.3 is 0 Å².